The molecule has 0 aliphatic carbocycles. The van der Waals surface area contributed by atoms with Crippen LogP contribution in [0.1, 0.15) is 13.3 Å². The van der Waals surface area contributed by atoms with Crippen molar-refractivity contribution in [2.24, 2.45) is 0 Å². The largest absolute Gasteiger partial charge is 0.437 e. The van der Waals surface area contributed by atoms with Gasteiger partial charge in [0.2, 0.25) is 5.88 Å². The summed E-state index contributed by atoms with van der Waals surface area (Å²) in [5.41, 5.74) is 0. The van der Waals surface area contributed by atoms with Crippen LogP contribution in [0.3, 0.4) is 0 Å². The molecule has 0 bridgehead atoms. The molecule has 0 saturated carbocycles. The zero-order chi connectivity index (χ0) is 13.7. The Hall–Kier alpha value is -1.45. The van der Waals surface area contributed by atoms with Crippen LogP contribution in [0.15, 0.2) is 36.4 Å². The normalized spacial score (nSPS) is 10.3. The molecular weight excluding hydrogens is 283 g/mol. The molecule has 1 aromatic carbocycles. The van der Waals surface area contributed by atoms with Crippen molar-refractivity contribution >= 4 is 29.0 Å². The van der Waals surface area contributed by atoms with Gasteiger partial charge in [-0.2, -0.15) is 4.98 Å². The number of nitrogens with one attached hydrogen (secondary N) is 1. The van der Waals surface area contributed by atoms with Crippen molar-refractivity contribution in [3.8, 4) is 11.6 Å². The molecule has 1 aromatic heterocycles. The molecule has 0 unspecified atom stereocenters. The van der Waals surface area contributed by atoms with Gasteiger partial charge in [-0.1, -0.05) is 42.3 Å². The molecule has 100 valence electrons. The van der Waals surface area contributed by atoms with Gasteiger partial charge >= 0.3 is 0 Å². The molecule has 0 amide bonds. The minimum Gasteiger partial charge on any atom is -0.437 e. The molecule has 5 heteroatoms. The van der Waals surface area contributed by atoms with Gasteiger partial charge < -0.3 is 10.1 Å². The summed E-state index contributed by atoms with van der Waals surface area (Å²) in [6.07, 6.45) is 1.03. The van der Waals surface area contributed by atoms with Gasteiger partial charge in [-0.15, -0.1) is 0 Å². The Morgan fingerprint density at radius 2 is 1.95 bits per heavy atom. The highest BCUT2D eigenvalue weighted by molar-refractivity contribution is 6.42. The monoisotopic (exact) mass is 296 g/mol. The molecule has 0 radical (unpaired) electrons. The maximum absolute atomic E-state index is 6.07. The molecule has 2 aromatic rings. The number of nitrogens with zero attached hydrogens (tertiary/aromatic N) is 1. The molecule has 2 rings (SSSR count). The second kappa shape index (κ2) is 6.64. The van der Waals surface area contributed by atoms with Crippen molar-refractivity contribution in [1.29, 1.82) is 0 Å². The molecule has 1 heterocycles. The zero-order valence-electron chi connectivity index (χ0n) is 10.5. The van der Waals surface area contributed by atoms with Crippen molar-refractivity contribution in [2.45, 2.75) is 13.3 Å². The van der Waals surface area contributed by atoms with Crippen LogP contribution >= 0.6 is 23.2 Å². The van der Waals surface area contributed by atoms with Crippen molar-refractivity contribution in [3.05, 3.63) is 46.4 Å². The van der Waals surface area contributed by atoms with Crippen LogP contribution in [-0.2, 0) is 0 Å². The van der Waals surface area contributed by atoms with E-state index in [9.17, 15) is 0 Å². The van der Waals surface area contributed by atoms with Crippen molar-refractivity contribution in [3.63, 3.8) is 0 Å². The van der Waals surface area contributed by atoms with Gasteiger partial charge in [0, 0.05) is 12.6 Å². The van der Waals surface area contributed by atoms with E-state index in [2.05, 4.69) is 17.2 Å². The standard InChI is InChI=1S/C14H14Cl2N2O/c1-2-9-17-12-7-4-8-13(18-12)19-11-6-3-5-10(15)14(11)16/h3-8H,2,9H2,1H3,(H,17,18). The number of halogens is 2. The third-order valence-electron chi connectivity index (χ3n) is 2.41. The lowest BCUT2D eigenvalue weighted by atomic mass is 10.3. The fraction of sp³-hybridized carbons (Fsp3) is 0.214. The van der Waals surface area contributed by atoms with Crippen LogP contribution in [0.5, 0.6) is 11.6 Å². The fourth-order valence-electron chi connectivity index (χ4n) is 1.50. The maximum Gasteiger partial charge on any atom is 0.221 e. The predicted octanol–water partition coefficient (Wildman–Crippen LogP) is 5.00. The molecule has 0 spiro atoms. The molecule has 0 fully saturated rings. The van der Waals surface area contributed by atoms with Crippen LogP contribution in [0.2, 0.25) is 10.0 Å². The summed E-state index contributed by atoms with van der Waals surface area (Å²) in [4.78, 5) is 4.34. The van der Waals surface area contributed by atoms with E-state index in [1.165, 1.54) is 0 Å². The third kappa shape index (κ3) is 3.75. The highest BCUT2D eigenvalue weighted by Gasteiger charge is 2.07. The first-order valence-electron chi connectivity index (χ1n) is 6.03. The summed E-state index contributed by atoms with van der Waals surface area (Å²) in [6.45, 7) is 2.97. The second-order valence-electron chi connectivity index (χ2n) is 3.94. The van der Waals surface area contributed by atoms with E-state index >= 15 is 0 Å². The number of benzene rings is 1. The molecule has 0 atom stereocenters. The summed E-state index contributed by atoms with van der Waals surface area (Å²) in [7, 11) is 0. The van der Waals surface area contributed by atoms with Crippen molar-refractivity contribution in [2.75, 3.05) is 11.9 Å². The fourth-order valence-corrected chi connectivity index (χ4v) is 1.83. The van der Waals surface area contributed by atoms with Gasteiger partial charge in [0.25, 0.3) is 0 Å². The second-order valence-corrected chi connectivity index (χ2v) is 4.73. The van der Waals surface area contributed by atoms with E-state index in [-0.39, 0.29) is 0 Å². The number of rotatable bonds is 5. The summed E-state index contributed by atoms with van der Waals surface area (Å²) in [6, 6.07) is 10.8. The van der Waals surface area contributed by atoms with Gasteiger partial charge in [-0.3, -0.25) is 0 Å². The van der Waals surface area contributed by atoms with Crippen LogP contribution in [0.4, 0.5) is 5.82 Å². The zero-order valence-corrected chi connectivity index (χ0v) is 12.0. The first-order valence-corrected chi connectivity index (χ1v) is 6.79. The molecule has 3 nitrogen and oxygen atoms in total. The average Bonchev–Trinajstić information content (AvgIpc) is 2.42. The third-order valence-corrected chi connectivity index (χ3v) is 3.21. The minimum atomic E-state index is 0.387. The topological polar surface area (TPSA) is 34.1 Å². The molecule has 1 N–H and O–H groups in total. The van der Waals surface area contributed by atoms with Crippen LogP contribution < -0.4 is 10.1 Å². The number of hydrogen-bond acceptors (Lipinski definition) is 3. The number of ether oxygens (including phenoxy) is 1. The molecular formula is C14H14Cl2N2O. The van der Waals surface area contributed by atoms with E-state index in [0.717, 1.165) is 18.8 Å². The Labute approximate surface area is 122 Å². The molecule has 0 saturated heterocycles. The number of hydrogen-bond donors (Lipinski definition) is 1. The number of aromatic nitrogens is 1. The smallest absolute Gasteiger partial charge is 0.221 e. The highest BCUT2D eigenvalue weighted by atomic mass is 35.5. The SMILES string of the molecule is CCCNc1cccc(Oc2cccc(Cl)c2Cl)n1. The Morgan fingerprint density at radius 1 is 1.16 bits per heavy atom. The van der Waals surface area contributed by atoms with Crippen molar-refractivity contribution < 1.29 is 4.74 Å². The summed E-state index contributed by atoms with van der Waals surface area (Å²) in [5.74, 6) is 1.75. The van der Waals surface area contributed by atoms with E-state index in [1.807, 2.05) is 12.1 Å². The molecule has 0 aliphatic heterocycles. The van der Waals surface area contributed by atoms with Gasteiger partial charge in [0.1, 0.15) is 16.6 Å². The maximum atomic E-state index is 6.07. The van der Waals surface area contributed by atoms with Gasteiger partial charge in [0.15, 0.2) is 0 Å². The van der Waals surface area contributed by atoms with Crippen molar-refractivity contribution in [1.82, 2.24) is 4.98 Å². The highest BCUT2D eigenvalue weighted by Crippen LogP contribution is 2.34. The number of anilines is 1. The van der Waals surface area contributed by atoms with E-state index in [0.29, 0.717) is 21.7 Å². The average molecular weight is 297 g/mol. The van der Waals surface area contributed by atoms with E-state index in [1.54, 1.807) is 24.3 Å². The summed E-state index contributed by atoms with van der Waals surface area (Å²) < 4.78 is 5.64. The Balaban J connectivity index is 2.16. The first-order chi connectivity index (χ1) is 9.20. The van der Waals surface area contributed by atoms with E-state index in [4.69, 9.17) is 27.9 Å². The lowest BCUT2D eigenvalue weighted by molar-refractivity contribution is 0.464. The Morgan fingerprint density at radius 3 is 2.74 bits per heavy atom. The first kappa shape index (κ1) is 14.0. The van der Waals surface area contributed by atoms with Crippen LogP contribution in [0.25, 0.3) is 0 Å². The van der Waals surface area contributed by atoms with Crippen LogP contribution in [0, 0.1) is 0 Å². The lowest BCUT2D eigenvalue weighted by Crippen LogP contribution is -2.02. The summed E-state index contributed by atoms with van der Waals surface area (Å²) >= 11 is 12.0. The molecule has 0 aliphatic rings. The minimum absolute atomic E-state index is 0.387. The lowest BCUT2D eigenvalue weighted by Gasteiger charge is -2.09. The van der Waals surface area contributed by atoms with E-state index < -0.39 is 0 Å². The Kier molecular flexibility index (Phi) is 4.88. The van der Waals surface area contributed by atoms with Gasteiger partial charge in [-0.05, 0) is 24.6 Å². The summed E-state index contributed by atoms with van der Waals surface area (Å²) in [5, 5.41) is 4.04. The quantitative estimate of drug-likeness (QED) is 0.843. The predicted molar refractivity (Wildman–Crippen MR) is 79.6 cm³/mol. The molecule has 19 heavy (non-hydrogen) atoms. The van der Waals surface area contributed by atoms with Gasteiger partial charge in [-0.25, -0.2) is 0 Å². The Bertz CT molecular complexity index is 561. The van der Waals surface area contributed by atoms with Gasteiger partial charge in [0.05, 0.1) is 5.02 Å². The van der Waals surface area contributed by atoms with Crippen LogP contribution in [-0.4, -0.2) is 11.5 Å². The number of pyridine rings is 1.